The maximum absolute atomic E-state index is 12.4. The van der Waals surface area contributed by atoms with E-state index in [4.69, 9.17) is 4.98 Å². The average molecular weight is 493 g/mol. The number of nitrogens with one attached hydrogen (secondary N) is 1. The molecule has 0 atom stereocenters. The summed E-state index contributed by atoms with van der Waals surface area (Å²) in [5.74, 6) is 0.0645. The van der Waals surface area contributed by atoms with Crippen molar-refractivity contribution in [2.24, 2.45) is 5.10 Å². The summed E-state index contributed by atoms with van der Waals surface area (Å²) in [6.07, 6.45) is 0. The molecule has 7 heteroatoms. The Morgan fingerprint density at radius 3 is 2.52 bits per heavy atom. The molecule has 0 aliphatic carbocycles. The number of carbonyl (C=O) groups is 1. The highest BCUT2D eigenvalue weighted by Crippen LogP contribution is 2.25. The van der Waals surface area contributed by atoms with Crippen molar-refractivity contribution in [3.8, 4) is 0 Å². The molecule has 0 saturated heterocycles. The van der Waals surface area contributed by atoms with E-state index < -0.39 is 0 Å². The Balaban J connectivity index is 1.46. The summed E-state index contributed by atoms with van der Waals surface area (Å²) in [5.41, 5.74) is 7.52. The second-order valence-corrected chi connectivity index (χ2v) is 8.84. The van der Waals surface area contributed by atoms with E-state index in [2.05, 4.69) is 49.2 Å². The Morgan fingerprint density at radius 1 is 1.03 bits per heavy atom. The number of benzene rings is 3. The van der Waals surface area contributed by atoms with Crippen LogP contribution in [0.15, 0.2) is 93.6 Å². The van der Waals surface area contributed by atoms with Gasteiger partial charge in [-0.05, 0) is 42.3 Å². The van der Waals surface area contributed by atoms with Gasteiger partial charge in [-0.1, -0.05) is 82.3 Å². The van der Waals surface area contributed by atoms with Gasteiger partial charge in [0.2, 0.25) is 0 Å². The second kappa shape index (κ2) is 9.94. The van der Waals surface area contributed by atoms with Gasteiger partial charge in [0.15, 0.2) is 5.16 Å². The minimum Gasteiger partial charge on any atom is -0.314 e. The molecule has 1 aromatic heterocycles. The number of nitrogens with zero attached hydrogens (tertiary/aromatic N) is 3. The minimum atomic E-state index is -0.167. The molecule has 1 N–H and O–H groups in total. The van der Waals surface area contributed by atoms with E-state index in [-0.39, 0.29) is 11.7 Å². The summed E-state index contributed by atoms with van der Waals surface area (Å²) in [6.45, 7) is 2.57. The van der Waals surface area contributed by atoms with Crippen LogP contribution in [0.5, 0.6) is 0 Å². The van der Waals surface area contributed by atoms with Crippen LogP contribution in [0.1, 0.15) is 18.1 Å². The Morgan fingerprint density at radius 2 is 1.74 bits per heavy atom. The predicted octanol–water partition coefficient (Wildman–Crippen LogP) is 5.48. The standard InChI is InChI=1S/C24H21BrN4OS/c1-17(19-11-13-20(25)14-12-19)27-28-23(30)16-31-24-26-21-9-5-6-10-22(21)29(24)15-18-7-3-2-4-8-18/h2-14H,15-16H2,1H3,(H,28,30). The smallest absolute Gasteiger partial charge is 0.250 e. The number of hydrogen-bond acceptors (Lipinski definition) is 4. The van der Waals surface area contributed by atoms with E-state index in [0.717, 1.165) is 31.9 Å². The minimum absolute atomic E-state index is 0.167. The maximum atomic E-state index is 12.4. The van der Waals surface area contributed by atoms with Gasteiger partial charge in [-0.3, -0.25) is 4.79 Å². The van der Waals surface area contributed by atoms with Gasteiger partial charge >= 0.3 is 0 Å². The number of fused-ring (bicyclic) bond motifs is 1. The predicted molar refractivity (Wildman–Crippen MR) is 130 cm³/mol. The molecule has 0 bridgehead atoms. The van der Waals surface area contributed by atoms with Crippen LogP contribution in [0.3, 0.4) is 0 Å². The number of thioether (sulfide) groups is 1. The normalized spacial score (nSPS) is 11.6. The maximum Gasteiger partial charge on any atom is 0.250 e. The highest BCUT2D eigenvalue weighted by Gasteiger charge is 2.13. The summed E-state index contributed by atoms with van der Waals surface area (Å²) >= 11 is 4.83. The molecule has 0 aliphatic rings. The van der Waals surface area contributed by atoms with Crippen molar-refractivity contribution in [3.05, 3.63) is 94.5 Å². The summed E-state index contributed by atoms with van der Waals surface area (Å²) in [4.78, 5) is 17.1. The lowest BCUT2D eigenvalue weighted by Crippen LogP contribution is -2.21. The number of carbonyl (C=O) groups excluding carboxylic acids is 1. The fraction of sp³-hybridized carbons (Fsp3) is 0.125. The first-order valence-corrected chi connectivity index (χ1v) is 11.6. The number of aromatic nitrogens is 2. The molecule has 0 aliphatic heterocycles. The Kier molecular flexibility index (Phi) is 6.84. The van der Waals surface area contributed by atoms with Crippen LogP contribution < -0.4 is 5.43 Å². The Bertz CT molecular complexity index is 1220. The Hall–Kier alpha value is -2.90. The number of imidazole rings is 1. The second-order valence-electron chi connectivity index (χ2n) is 6.98. The van der Waals surface area contributed by atoms with E-state index in [0.29, 0.717) is 6.54 Å². The molecule has 0 spiro atoms. The van der Waals surface area contributed by atoms with Crippen LogP contribution in [-0.2, 0) is 11.3 Å². The number of rotatable bonds is 7. The number of halogens is 1. The summed E-state index contributed by atoms with van der Waals surface area (Å²) in [5, 5.41) is 5.04. The molecule has 156 valence electrons. The monoisotopic (exact) mass is 492 g/mol. The number of amides is 1. The summed E-state index contributed by atoms with van der Waals surface area (Å²) < 4.78 is 3.15. The van der Waals surface area contributed by atoms with E-state index in [9.17, 15) is 4.79 Å². The molecule has 1 heterocycles. The Labute approximate surface area is 193 Å². The highest BCUT2D eigenvalue weighted by molar-refractivity contribution is 9.10. The van der Waals surface area contributed by atoms with Gasteiger partial charge in [0.05, 0.1) is 29.0 Å². The third-order valence-corrected chi connectivity index (χ3v) is 6.25. The SMILES string of the molecule is CC(=NNC(=O)CSc1nc2ccccc2n1Cc1ccccc1)c1ccc(Br)cc1. The van der Waals surface area contributed by atoms with Crippen molar-refractivity contribution in [1.82, 2.24) is 15.0 Å². The van der Waals surface area contributed by atoms with Crippen molar-refractivity contribution < 1.29 is 4.79 Å². The zero-order valence-electron chi connectivity index (χ0n) is 17.0. The molecule has 3 aromatic carbocycles. The van der Waals surface area contributed by atoms with Crippen molar-refractivity contribution in [3.63, 3.8) is 0 Å². The fourth-order valence-corrected chi connectivity index (χ4v) is 4.22. The fourth-order valence-electron chi connectivity index (χ4n) is 3.15. The molecule has 0 radical (unpaired) electrons. The van der Waals surface area contributed by atoms with Crippen LogP contribution in [-0.4, -0.2) is 26.9 Å². The van der Waals surface area contributed by atoms with Gasteiger partial charge in [0, 0.05) is 4.47 Å². The van der Waals surface area contributed by atoms with Gasteiger partial charge in [-0.15, -0.1) is 0 Å². The lowest BCUT2D eigenvalue weighted by atomic mass is 10.1. The first-order chi connectivity index (χ1) is 15.1. The first kappa shape index (κ1) is 21.3. The van der Waals surface area contributed by atoms with Gasteiger partial charge in [0.25, 0.3) is 5.91 Å². The molecule has 4 aromatic rings. The van der Waals surface area contributed by atoms with E-state index >= 15 is 0 Å². The number of para-hydroxylation sites is 2. The molecule has 0 fully saturated rings. The van der Waals surface area contributed by atoms with Crippen LogP contribution in [0, 0.1) is 0 Å². The average Bonchev–Trinajstić information content (AvgIpc) is 3.14. The van der Waals surface area contributed by atoms with Crippen molar-refractivity contribution in [1.29, 1.82) is 0 Å². The molecule has 5 nitrogen and oxygen atoms in total. The van der Waals surface area contributed by atoms with Crippen LogP contribution in [0.25, 0.3) is 11.0 Å². The van der Waals surface area contributed by atoms with Gasteiger partial charge in [-0.25, -0.2) is 10.4 Å². The topological polar surface area (TPSA) is 59.3 Å². The molecule has 31 heavy (non-hydrogen) atoms. The zero-order chi connectivity index (χ0) is 21.6. The number of hydrogen-bond donors (Lipinski definition) is 1. The highest BCUT2D eigenvalue weighted by atomic mass is 79.9. The molecular formula is C24H21BrN4OS. The van der Waals surface area contributed by atoms with Crippen LogP contribution in [0.4, 0.5) is 0 Å². The van der Waals surface area contributed by atoms with Gasteiger partial charge in [-0.2, -0.15) is 5.10 Å². The van der Waals surface area contributed by atoms with Crippen molar-refractivity contribution in [2.75, 3.05) is 5.75 Å². The lowest BCUT2D eigenvalue weighted by Gasteiger charge is -2.09. The van der Waals surface area contributed by atoms with E-state index in [1.54, 1.807) is 0 Å². The molecular weight excluding hydrogens is 472 g/mol. The van der Waals surface area contributed by atoms with E-state index in [1.807, 2.05) is 67.6 Å². The van der Waals surface area contributed by atoms with Crippen molar-refractivity contribution in [2.45, 2.75) is 18.6 Å². The van der Waals surface area contributed by atoms with Crippen molar-refractivity contribution >= 4 is 50.3 Å². The third kappa shape index (κ3) is 5.42. The van der Waals surface area contributed by atoms with Crippen LogP contribution in [0.2, 0.25) is 0 Å². The van der Waals surface area contributed by atoms with Gasteiger partial charge < -0.3 is 4.57 Å². The lowest BCUT2D eigenvalue weighted by molar-refractivity contribution is -0.118. The molecule has 0 unspecified atom stereocenters. The zero-order valence-corrected chi connectivity index (χ0v) is 19.4. The van der Waals surface area contributed by atoms with Crippen LogP contribution >= 0.6 is 27.7 Å². The molecule has 0 saturated carbocycles. The van der Waals surface area contributed by atoms with Gasteiger partial charge in [0.1, 0.15) is 0 Å². The third-order valence-electron chi connectivity index (χ3n) is 4.75. The summed E-state index contributed by atoms with van der Waals surface area (Å²) in [7, 11) is 0. The molecule has 4 rings (SSSR count). The quantitative estimate of drug-likeness (QED) is 0.211. The first-order valence-electron chi connectivity index (χ1n) is 9.81. The summed E-state index contributed by atoms with van der Waals surface area (Å²) in [6, 6.07) is 26.1. The molecule has 1 amide bonds. The number of hydrazone groups is 1. The largest absolute Gasteiger partial charge is 0.314 e. The van der Waals surface area contributed by atoms with E-state index in [1.165, 1.54) is 17.3 Å².